The first-order valence-electron chi connectivity index (χ1n) is 9.74. The molecular formula is C21H20F3N7O. The van der Waals surface area contributed by atoms with E-state index >= 15 is 0 Å². The van der Waals surface area contributed by atoms with E-state index in [1.165, 1.54) is 23.4 Å². The van der Waals surface area contributed by atoms with E-state index in [0.717, 1.165) is 6.07 Å². The quantitative estimate of drug-likeness (QED) is 0.503. The van der Waals surface area contributed by atoms with Gasteiger partial charge in [0.05, 0.1) is 22.6 Å². The number of carbonyl (C=O) groups is 1. The number of hydrogen-bond acceptors (Lipinski definition) is 6. The number of amides is 1. The maximum absolute atomic E-state index is 14.7. The van der Waals surface area contributed by atoms with Gasteiger partial charge in [0.15, 0.2) is 11.3 Å². The summed E-state index contributed by atoms with van der Waals surface area (Å²) in [6.07, 6.45) is -1.49. The number of pyridine rings is 1. The van der Waals surface area contributed by atoms with Crippen LogP contribution in [0.1, 0.15) is 46.7 Å². The molecule has 0 aliphatic heterocycles. The molecule has 0 saturated carbocycles. The van der Waals surface area contributed by atoms with Crippen molar-refractivity contribution in [1.82, 2.24) is 29.5 Å². The highest BCUT2D eigenvalue weighted by molar-refractivity contribution is 6.04. The molecule has 0 aliphatic rings. The van der Waals surface area contributed by atoms with Crippen molar-refractivity contribution in [3.63, 3.8) is 0 Å². The van der Waals surface area contributed by atoms with Crippen LogP contribution in [0.15, 0.2) is 30.6 Å². The lowest BCUT2D eigenvalue weighted by Crippen LogP contribution is -2.23. The van der Waals surface area contributed by atoms with Crippen LogP contribution in [0.3, 0.4) is 0 Å². The van der Waals surface area contributed by atoms with Crippen molar-refractivity contribution in [2.24, 2.45) is 0 Å². The Morgan fingerprint density at radius 2 is 1.88 bits per heavy atom. The normalized spacial score (nSPS) is 12.5. The van der Waals surface area contributed by atoms with Gasteiger partial charge in [-0.25, -0.2) is 23.1 Å². The van der Waals surface area contributed by atoms with Gasteiger partial charge in [0.25, 0.3) is 12.3 Å². The summed E-state index contributed by atoms with van der Waals surface area (Å²) in [6.45, 7) is 3.32. The number of alkyl halides is 2. The van der Waals surface area contributed by atoms with E-state index in [1.807, 2.05) is 0 Å². The molecule has 1 atom stereocenters. The van der Waals surface area contributed by atoms with E-state index in [4.69, 9.17) is 0 Å². The summed E-state index contributed by atoms with van der Waals surface area (Å²) in [5, 5.41) is 11.5. The summed E-state index contributed by atoms with van der Waals surface area (Å²) < 4.78 is 42.5. The van der Waals surface area contributed by atoms with E-state index in [-0.39, 0.29) is 17.0 Å². The standard InChI is InChI=1S/C21H20F3N7O/c1-10(12-6-5-7-13(16(12)22)17(23)24)26-18-14-8-15(21(32)30(3)4)20-29-25-9-31(20)19(14)28-11(2)27-18/h5-10,17H,1-4H3,(H,26,27,28)/t10-/m1/s1. The zero-order chi connectivity index (χ0) is 23.2. The molecule has 166 valence electrons. The number of halogens is 3. The van der Waals surface area contributed by atoms with Crippen molar-refractivity contribution in [3.8, 4) is 0 Å². The fraction of sp³-hybridized carbons (Fsp3) is 0.286. The van der Waals surface area contributed by atoms with Gasteiger partial charge < -0.3 is 10.2 Å². The minimum Gasteiger partial charge on any atom is -0.363 e. The summed E-state index contributed by atoms with van der Waals surface area (Å²) in [5.74, 6) is -0.525. The molecule has 0 radical (unpaired) electrons. The van der Waals surface area contributed by atoms with Crippen LogP contribution in [-0.4, -0.2) is 49.5 Å². The average Bonchev–Trinajstić information content (AvgIpc) is 3.23. The number of fused-ring (bicyclic) bond motifs is 3. The van der Waals surface area contributed by atoms with Crippen LogP contribution in [0, 0.1) is 12.7 Å². The molecule has 4 rings (SSSR count). The number of hydrogen-bond donors (Lipinski definition) is 1. The minimum absolute atomic E-state index is 0.0715. The summed E-state index contributed by atoms with van der Waals surface area (Å²) in [5.41, 5.74) is 0.481. The molecule has 0 aliphatic carbocycles. The summed E-state index contributed by atoms with van der Waals surface area (Å²) >= 11 is 0. The maximum Gasteiger partial charge on any atom is 0.266 e. The van der Waals surface area contributed by atoms with Crippen molar-refractivity contribution in [2.45, 2.75) is 26.3 Å². The molecule has 4 aromatic rings. The molecule has 3 aromatic heterocycles. The Kier molecular flexibility index (Phi) is 5.41. The largest absolute Gasteiger partial charge is 0.363 e. The number of nitrogens with one attached hydrogen (secondary N) is 1. The van der Waals surface area contributed by atoms with Gasteiger partial charge >= 0.3 is 0 Å². The molecule has 0 spiro atoms. The highest BCUT2D eigenvalue weighted by Crippen LogP contribution is 2.31. The molecule has 32 heavy (non-hydrogen) atoms. The smallest absolute Gasteiger partial charge is 0.266 e. The number of aromatic nitrogens is 5. The number of aryl methyl sites for hydroxylation is 1. The summed E-state index contributed by atoms with van der Waals surface area (Å²) in [7, 11) is 3.23. The van der Waals surface area contributed by atoms with Gasteiger partial charge in [-0.1, -0.05) is 18.2 Å². The molecule has 8 nitrogen and oxygen atoms in total. The Balaban J connectivity index is 1.87. The molecular weight excluding hydrogens is 423 g/mol. The predicted molar refractivity (Wildman–Crippen MR) is 112 cm³/mol. The zero-order valence-electron chi connectivity index (χ0n) is 17.8. The van der Waals surface area contributed by atoms with Gasteiger partial charge in [0.2, 0.25) is 0 Å². The van der Waals surface area contributed by atoms with Crippen molar-refractivity contribution < 1.29 is 18.0 Å². The van der Waals surface area contributed by atoms with Crippen molar-refractivity contribution in [3.05, 3.63) is 58.9 Å². The molecule has 11 heteroatoms. The second kappa shape index (κ2) is 8.06. The highest BCUT2D eigenvalue weighted by atomic mass is 19.3. The molecule has 0 saturated heterocycles. The lowest BCUT2D eigenvalue weighted by molar-refractivity contribution is 0.0829. The molecule has 1 aromatic carbocycles. The number of carbonyl (C=O) groups excluding carboxylic acids is 1. The van der Waals surface area contributed by atoms with Crippen LogP contribution in [0.5, 0.6) is 0 Å². The molecule has 1 N–H and O–H groups in total. The second-order valence-electron chi connectivity index (χ2n) is 7.56. The van der Waals surface area contributed by atoms with Crippen molar-refractivity contribution in [2.75, 3.05) is 19.4 Å². The maximum atomic E-state index is 14.7. The highest BCUT2D eigenvalue weighted by Gasteiger charge is 2.23. The Morgan fingerprint density at radius 3 is 2.56 bits per heavy atom. The topological polar surface area (TPSA) is 88.3 Å². The lowest BCUT2D eigenvalue weighted by atomic mass is 10.0. The monoisotopic (exact) mass is 443 g/mol. The second-order valence-corrected chi connectivity index (χ2v) is 7.56. The van der Waals surface area contributed by atoms with E-state index in [0.29, 0.717) is 28.3 Å². The molecule has 0 bridgehead atoms. The average molecular weight is 443 g/mol. The predicted octanol–water partition coefficient (Wildman–Crippen LogP) is 3.93. The lowest BCUT2D eigenvalue weighted by Gasteiger charge is -2.19. The van der Waals surface area contributed by atoms with Crippen molar-refractivity contribution in [1.29, 1.82) is 0 Å². The number of rotatable bonds is 5. The van der Waals surface area contributed by atoms with Crippen LogP contribution >= 0.6 is 0 Å². The first-order chi connectivity index (χ1) is 15.2. The summed E-state index contributed by atoms with van der Waals surface area (Å²) in [4.78, 5) is 23.0. The van der Waals surface area contributed by atoms with Gasteiger partial charge in [-0.3, -0.25) is 9.20 Å². The van der Waals surface area contributed by atoms with Gasteiger partial charge in [-0.05, 0) is 19.9 Å². The third-order valence-corrected chi connectivity index (χ3v) is 5.09. The first-order valence-corrected chi connectivity index (χ1v) is 9.74. The van der Waals surface area contributed by atoms with Gasteiger partial charge in [0.1, 0.15) is 23.8 Å². The van der Waals surface area contributed by atoms with E-state index in [9.17, 15) is 18.0 Å². The van der Waals surface area contributed by atoms with Gasteiger partial charge in [0, 0.05) is 19.7 Å². The van der Waals surface area contributed by atoms with Crippen molar-refractivity contribution >= 4 is 28.4 Å². The molecule has 1 amide bonds. The minimum atomic E-state index is -2.93. The van der Waals surface area contributed by atoms with Crippen LogP contribution in [0.2, 0.25) is 0 Å². The van der Waals surface area contributed by atoms with E-state index in [1.54, 1.807) is 38.4 Å². The van der Waals surface area contributed by atoms with E-state index < -0.39 is 23.8 Å². The van der Waals surface area contributed by atoms with Crippen LogP contribution < -0.4 is 5.32 Å². The SMILES string of the molecule is Cc1nc(N[C@H](C)c2cccc(C(F)F)c2F)c2cc(C(=O)N(C)C)c3nncn3c2n1. The summed E-state index contributed by atoms with van der Waals surface area (Å²) in [6, 6.07) is 4.78. The third kappa shape index (κ3) is 3.59. The number of nitrogens with zero attached hydrogens (tertiary/aromatic N) is 6. The van der Waals surface area contributed by atoms with E-state index in [2.05, 4.69) is 25.5 Å². The zero-order valence-corrected chi connectivity index (χ0v) is 17.8. The Morgan fingerprint density at radius 1 is 1.16 bits per heavy atom. The van der Waals surface area contributed by atoms with Crippen LogP contribution in [-0.2, 0) is 0 Å². The fourth-order valence-corrected chi connectivity index (χ4v) is 3.53. The Bertz CT molecular complexity index is 1340. The first kappa shape index (κ1) is 21.5. The Hall–Kier alpha value is -3.76. The fourth-order valence-electron chi connectivity index (χ4n) is 3.53. The van der Waals surface area contributed by atoms with Crippen LogP contribution in [0.25, 0.3) is 16.7 Å². The van der Waals surface area contributed by atoms with Crippen LogP contribution in [0.4, 0.5) is 19.0 Å². The molecule has 3 heterocycles. The third-order valence-electron chi connectivity index (χ3n) is 5.09. The number of benzene rings is 1. The van der Waals surface area contributed by atoms with Gasteiger partial charge in [-0.2, -0.15) is 0 Å². The molecule has 0 unspecified atom stereocenters. The van der Waals surface area contributed by atoms with Gasteiger partial charge in [-0.15, -0.1) is 10.2 Å². The number of anilines is 1. The molecule has 0 fully saturated rings. The Labute approximate surface area is 181 Å².